The number of β-lactam (4-membered cyclic amide) rings is 1. The summed E-state index contributed by atoms with van der Waals surface area (Å²) in [5.74, 6) is -3.18. The number of para-hydroxylation sites is 1. The molecule has 0 aliphatic carbocycles. The first-order chi connectivity index (χ1) is 11.7. The van der Waals surface area contributed by atoms with Crippen LogP contribution in [-0.2, 0) is 9.59 Å². The van der Waals surface area contributed by atoms with Crippen molar-refractivity contribution in [1.29, 1.82) is 0 Å². The van der Waals surface area contributed by atoms with Crippen LogP contribution in [0.4, 0.5) is 0 Å². The summed E-state index contributed by atoms with van der Waals surface area (Å²) in [5, 5.41) is 21.3. The first-order valence-electron chi connectivity index (χ1n) is 7.77. The third-order valence-corrected chi connectivity index (χ3v) is 6.28. The van der Waals surface area contributed by atoms with Crippen molar-refractivity contribution in [1.82, 2.24) is 4.90 Å². The summed E-state index contributed by atoms with van der Waals surface area (Å²) >= 11 is 1.26. The van der Waals surface area contributed by atoms with Gasteiger partial charge in [-0.3, -0.25) is 9.59 Å². The standard InChI is InChI=1S/C17H19NO6S.K/c1-17(2)13(16(22)23)18-14(21)10(15(18)25-17)12(20)11(19)8-6-4-5-7-9(8)24-3;/h4-7,10,12-13,15,20H,1-3H3,(H,22,23);/q;+1/p-1/t10-,12+,13+,15-;/m1./s1. The van der Waals surface area contributed by atoms with Gasteiger partial charge in [-0.1, -0.05) is 12.1 Å². The number of hydrogen-bond donors (Lipinski definition) is 1. The smallest absolute Gasteiger partial charge is 0.548 e. The summed E-state index contributed by atoms with van der Waals surface area (Å²) in [6, 6.07) is 5.35. The number of thioether (sulfide) groups is 1. The van der Waals surface area contributed by atoms with Gasteiger partial charge in [0.2, 0.25) is 5.91 Å². The number of ether oxygens (including phenoxy) is 1. The third kappa shape index (κ3) is 3.39. The van der Waals surface area contributed by atoms with Crippen LogP contribution in [0.15, 0.2) is 24.3 Å². The molecule has 1 aromatic carbocycles. The molecule has 0 bridgehead atoms. The third-order valence-electron chi connectivity index (χ3n) is 4.69. The number of amides is 1. The summed E-state index contributed by atoms with van der Waals surface area (Å²) in [7, 11) is 1.41. The molecule has 26 heavy (non-hydrogen) atoms. The van der Waals surface area contributed by atoms with Crippen LogP contribution in [0.2, 0.25) is 0 Å². The van der Waals surface area contributed by atoms with Crippen LogP contribution < -0.4 is 61.2 Å². The monoisotopic (exact) mass is 403 g/mol. The molecule has 0 aromatic heterocycles. The van der Waals surface area contributed by atoms with E-state index in [2.05, 4.69) is 0 Å². The minimum absolute atomic E-state index is 0. The molecule has 4 atom stereocenters. The molecular weight excluding hydrogens is 385 g/mol. The molecule has 0 spiro atoms. The van der Waals surface area contributed by atoms with E-state index in [0.29, 0.717) is 5.75 Å². The fourth-order valence-electron chi connectivity index (χ4n) is 3.48. The van der Waals surface area contributed by atoms with Gasteiger partial charge in [-0.25, -0.2) is 0 Å². The van der Waals surface area contributed by atoms with Gasteiger partial charge in [-0.05, 0) is 26.0 Å². The number of nitrogens with zero attached hydrogens (tertiary/aromatic N) is 1. The number of rotatable bonds is 5. The number of fused-ring (bicyclic) bond motifs is 1. The Morgan fingerprint density at radius 1 is 1.35 bits per heavy atom. The van der Waals surface area contributed by atoms with Gasteiger partial charge in [0, 0.05) is 4.75 Å². The molecule has 0 unspecified atom stereocenters. The number of hydrogen-bond acceptors (Lipinski definition) is 7. The zero-order valence-corrected chi connectivity index (χ0v) is 18.9. The van der Waals surface area contributed by atoms with E-state index in [1.807, 2.05) is 0 Å². The number of benzene rings is 1. The van der Waals surface area contributed by atoms with Crippen molar-refractivity contribution < 1.29 is 80.7 Å². The number of ketones is 1. The van der Waals surface area contributed by atoms with Gasteiger partial charge in [-0.15, -0.1) is 11.8 Å². The predicted molar refractivity (Wildman–Crippen MR) is 87.9 cm³/mol. The minimum atomic E-state index is -1.56. The van der Waals surface area contributed by atoms with Crippen molar-refractivity contribution in [2.45, 2.75) is 36.1 Å². The van der Waals surface area contributed by atoms with Crippen LogP contribution in [-0.4, -0.2) is 57.0 Å². The number of aliphatic hydroxyl groups is 1. The molecule has 134 valence electrons. The summed E-state index contributed by atoms with van der Waals surface area (Å²) < 4.78 is 4.36. The van der Waals surface area contributed by atoms with E-state index in [4.69, 9.17) is 4.74 Å². The number of aliphatic hydroxyl groups excluding tert-OH is 1. The van der Waals surface area contributed by atoms with Gasteiger partial charge in [0.15, 0.2) is 5.78 Å². The number of aliphatic carboxylic acids is 1. The Labute approximate surface area is 197 Å². The van der Waals surface area contributed by atoms with Gasteiger partial charge in [0.25, 0.3) is 0 Å². The molecule has 2 fully saturated rings. The number of carbonyl (C=O) groups is 3. The molecular formula is C17H18KNO6S. The van der Waals surface area contributed by atoms with Gasteiger partial charge in [0.05, 0.1) is 30.1 Å². The molecule has 1 amide bonds. The minimum Gasteiger partial charge on any atom is -0.548 e. The number of Topliss-reactive ketones (excluding diaryl/α,β-unsaturated/α-hetero) is 1. The van der Waals surface area contributed by atoms with Crippen LogP contribution in [0.5, 0.6) is 5.75 Å². The quantitative estimate of drug-likeness (QED) is 0.311. The fourth-order valence-corrected chi connectivity index (χ4v) is 5.20. The first kappa shape index (κ1) is 21.9. The van der Waals surface area contributed by atoms with E-state index in [0.717, 1.165) is 0 Å². The topological polar surface area (TPSA) is 107 Å². The van der Waals surface area contributed by atoms with Crippen molar-refractivity contribution in [3.05, 3.63) is 29.8 Å². The van der Waals surface area contributed by atoms with E-state index in [9.17, 15) is 24.6 Å². The maximum absolute atomic E-state index is 12.6. The zero-order chi connectivity index (χ0) is 18.5. The molecule has 0 radical (unpaired) electrons. The van der Waals surface area contributed by atoms with E-state index in [1.165, 1.54) is 29.8 Å². The Balaban J connectivity index is 0.00000243. The Hall–Kier alpha value is -0.424. The van der Waals surface area contributed by atoms with Crippen LogP contribution in [0.1, 0.15) is 24.2 Å². The van der Waals surface area contributed by atoms with Crippen molar-refractivity contribution in [2.75, 3.05) is 7.11 Å². The largest absolute Gasteiger partial charge is 1.00 e. The number of methoxy groups -OCH3 is 1. The average molecular weight is 403 g/mol. The summed E-state index contributed by atoms with van der Waals surface area (Å²) in [6.45, 7) is 3.41. The molecule has 1 N–H and O–H groups in total. The Kier molecular flexibility index (Phi) is 6.65. The van der Waals surface area contributed by atoms with Gasteiger partial charge in [-0.2, -0.15) is 0 Å². The molecule has 3 rings (SSSR count). The maximum atomic E-state index is 12.6. The van der Waals surface area contributed by atoms with Gasteiger partial charge < -0.3 is 24.6 Å². The van der Waals surface area contributed by atoms with Crippen LogP contribution >= 0.6 is 11.8 Å². The Morgan fingerprint density at radius 3 is 2.54 bits per heavy atom. The van der Waals surface area contributed by atoms with E-state index < -0.39 is 45.8 Å². The van der Waals surface area contributed by atoms with Crippen LogP contribution in [0.3, 0.4) is 0 Å². The summed E-state index contributed by atoms with van der Waals surface area (Å²) in [6.07, 6.45) is -1.56. The molecule has 9 heteroatoms. The summed E-state index contributed by atoms with van der Waals surface area (Å²) in [5.41, 5.74) is 0.183. The van der Waals surface area contributed by atoms with Crippen molar-refractivity contribution in [2.24, 2.45) is 5.92 Å². The van der Waals surface area contributed by atoms with E-state index >= 15 is 0 Å². The molecule has 2 saturated heterocycles. The SMILES string of the molecule is COc1ccccc1C(=O)[C@@H](O)[C@@H]1C(=O)N2[C@@H]1SC(C)(C)[C@@H]2C(=O)[O-].[K+]. The van der Waals surface area contributed by atoms with Crippen LogP contribution in [0.25, 0.3) is 0 Å². The van der Waals surface area contributed by atoms with Crippen molar-refractivity contribution in [3.8, 4) is 5.75 Å². The molecule has 2 aliphatic heterocycles. The van der Waals surface area contributed by atoms with Crippen molar-refractivity contribution >= 4 is 29.4 Å². The second kappa shape index (κ2) is 7.90. The normalized spacial score (nSPS) is 27.0. The fraction of sp³-hybridized carbons (Fsp3) is 0.471. The second-order valence-corrected chi connectivity index (χ2v) is 8.38. The van der Waals surface area contributed by atoms with Crippen molar-refractivity contribution in [3.63, 3.8) is 0 Å². The number of carboxylic acid groups (broad SMARTS) is 1. The Bertz CT molecular complexity index is 755. The average Bonchev–Trinajstić information content (AvgIpc) is 2.81. The second-order valence-electron chi connectivity index (χ2n) is 6.61. The van der Waals surface area contributed by atoms with Gasteiger partial charge >= 0.3 is 51.4 Å². The molecule has 1 aromatic rings. The zero-order valence-electron chi connectivity index (χ0n) is 15.0. The molecule has 0 saturated carbocycles. The van der Waals surface area contributed by atoms with Gasteiger partial charge in [0.1, 0.15) is 17.8 Å². The molecule has 7 nitrogen and oxygen atoms in total. The molecule has 2 heterocycles. The maximum Gasteiger partial charge on any atom is 1.00 e. The van der Waals surface area contributed by atoms with Crippen LogP contribution in [0, 0.1) is 5.92 Å². The number of carboxylic acids is 1. The van der Waals surface area contributed by atoms with E-state index in [1.54, 1.807) is 32.0 Å². The first-order valence-corrected chi connectivity index (χ1v) is 8.65. The predicted octanol–water partition coefficient (Wildman–Crippen LogP) is -3.33. The number of carbonyl (C=O) groups excluding carboxylic acids is 3. The molecule has 2 aliphatic rings. The Morgan fingerprint density at radius 2 is 1.96 bits per heavy atom. The van der Waals surface area contributed by atoms with E-state index in [-0.39, 0.29) is 56.9 Å². The summed E-state index contributed by atoms with van der Waals surface area (Å²) in [4.78, 5) is 37.7.